The van der Waals surface area contributed by atoms with E-state index in [0.717, 1.165) is 17.8 Å². The number of ether oxygens (including phenoxy) is 1. The van der Waals surface area contributed by atoms with Gasteiger partial charge in [0.1, 0.15) is 6.04 Å². The van der Waals surface area contributed by atoms with Gasteiger partial charge in [0.25, 0.3) is 0 Å². The molecule has 2 rings (SSSR count). The molecule has 1 amide bonds. The van der Waals surface area contributed by atoms with Crippen LogP contribution in [-0.2, 0) is 20.9 Å². The number of aromatic nitrogens is 2. The van der Waals surface area contributed by atoms with Gasteiger partial charge in [-0.05, 0) is 32.8 Å². The van der Waals surface area contributed by atoms with E-state index in [0.29, 0.717) is 25.9 Å². The van der Waals surface area contributed by atoms with Crippen molar-refractivity contribution in [3.8, 4) is 0 Å². The summed E-state index contributed by atoms with van der Waals surface area (Å²) in [6.07, 6.45) is 1.90. The molecule has 1 aliphatic rings. The molecule has 6 nitrogen and oxygen atoms in total. The van der Waals surface area contributed by atoms with Crippen LogP contribution in [0.25, 0.3) is 0 Å². The van der Waals surface area contributed by atoms with E-state index in [-0.39, 0.29) is 11.9 Å². The number of esters is 1. The lowest BCUT2D eigenvalue weighted by molar-refractivity contribution is -0.151. The zero-order chi connectivity index (χ0) is 14.7. The molecule has 0 spiro atoms. The first-order chi connectivity index (χ1) is 9.52. The monoisotopic (exact) mass is 279 g/mol. The summed E-state index contributed by atoms with van der Waals surface area (Å²) in [7, 11) is 1.36. The van der Waals surface area contributed by atoms with E-state index in [4.69, 9.17) is 4.74 Å². The van der Waals surface area contributed by atoms with Gasteiger partial charge in [-0.15, -0.1) is 0 Å². The second-order valence-corrected chi connectivity index (χ2v) is 5.17. The minimum atomic E-state index is -0.409. The summed E-state index contributed by atoms with van der Waals surface area (Å²) in [6, 6.07) is 1.57. The Labute approximate surface area is 118 Å². The Morgan fingerprint density at radius 2 is 2.20 bits per heavy atom. The Hall–Kier alpha value is -1.85. The number of amides is 1. The zero-order valence-electron chi connectivity index (χ0n) is 12.3. The fraction of sp³-hybridized carbons (Fsp3) is 0.643. The topological polar surface area (TPSA) is 64.4 Å². The molecule has 1 aromatic rings. The van der Waals surface area contributed by atoms with Crippen LogP contribution in [0.3, 0.4) is 0 Å². The first-order valence-electron chi connectivity index (χ1n) is 6.91. The molecule has 1 atom stereocenters. The number of carbonyl (C=O) groups excluding carboxylic acids is 2. The highest BCUT2D eigenvalue weighted by Crippen LogP contribution is 2.19. The molecule has 1 aliphatic heterocycles. The zero-order valence-corrected chi connectivity index (χ0v) is 12.3. The molecule has 0 bridgehead atoms. The first kappa shape index (κ1) is 14.6. The molecule has 1 aromatic heterocycles. The van der Waals surface area contributed by atoms with Crippen LogP contribution in [0.15, 0.2) is 6.07 Å². The van der Waals surface area contributed by atoms with E-state index in [1.807, 2.05) is 24.6 Å². The van der Waals surface area contributed by atoms with Crippen LogP contribution in [-0.4, -0.2) is 46.3 Å². The smallest absolute Gasteiger partial charge is 0.328 e. The lowest BCUT2D eigenvalue weighted by atomic mass is 10.2. The maximum Gasteiger partial charge on any atom is 0.328 e. The Kier molecular flexibility index (Phi) is 4.42. The van der Waals surface area contributed by atoms with E-state index in [1.165, 1.54) is 7.11 Å². The van der Waals surface area contributed by atoms with Crippen LogP contribution in [0.2, 0.25) is 0 Å². The van der Waals surface area contributed by atoms with E-state index in [1.54, 1.807) is 4.90 Å². The highest BCUT2D eigenvalue weighted by atomic mass is 16.5. The second-order valence-electron chi connectivity index (χ2n) is 5.17. The van der Waals surface area contributed by atoms with Crippen molar-refractivity contribution in [2.75, 3.05) is 13.7 Å². The summed E-state index contributed by atoms with van der Waals surface area (Å²) in [6.45, 7) is 5.08. The van der Waals surface area contributed by atoms with Gasteiger partial charge in [-0.2, -0.15) is 5.10 Å². The SMILES string of the molecule is COC(=O)C1CCCN1C(=O)CCn1nc(C)cc1C. The van der Waals surface area contributed by atoms with Gasteiger partial charge in [0.05, 0.1) is 12.8 Å². The van der Waals surface area contributed by atoms with Gasteiger partial charge in [0.15, 0.2) is 0 Å². The van der Waals surface area contributed by atoms with Gasteiger partial charge in [-0.1, -0.05) is 0 Å². The van der Waals surface area contributed by atoms with Gasteiger partial charge in [0.2, 0.25) is 5.91 Å². The highest BCUT2D eigenvalue weighted by molar-refractivity contribution is 5.85. The van der Waals surface area contributed by atoms with Gasteiger partial charge in [-0.25, -0.2) is 4.79 Å². The molecular weight excluding hydrogens is 258 g/mol. The van der Waals surface area contributed by atoms with Crippen molar-refractivity contribution >= 4 is 11.9 Å². The van der Waals surface area contributed by atoms with Crippen molar-refractivity contribution < 1.29 is 14.3 Å². The van der Waals surface area contributed by atoms with Crippen molar-refractivity contribution in [2.45, 2.75) is 45.7 Å². The van der Waals surface area contributed by atoms with E-state index in [2.05, 4.69) is 5.10 Å². The third kappa shape index (κ3) is 3.00. The summed E-state index contributed by atoms with van der Waals surface area (Å²) in [4.78, 5) is 25.5. The summed E-state index contributed by atoms with van der Waals surface area (Å²) >= 11 is 0. The molecule has 110 valence electrons. The number of hydrogen-bond donors (Lipinski definition) is 0. The average molecular weight is 279 g/mol. The summed E-state index contributed by atoms with van der Waals surface area (Å²) in [5.74, 6) is -0.326. The predicted octanol–water partition coefficient (Wildman–Crippen LogP) is 1.05. The Balaban J connectivity index is 1.94. The maximum absolute atomic E-state index is 12.2. The highest BCUT2D eigenvalue weighted by Gasteiger charge is 2.34. The Morgan fingerprint density at radius 3 is 2.80 bits per heavy atom. The average Bonchev–Trinajstić information content (AvgIpc) is 3.02. The summed E-state index contributed by atoms with van der Waals surface area (Å²) in [5, 5.41) is 4.33. The molecular formula is C14H21N3O3. The number of rotatable bonds is 4. The van der Waals surface area contributed by atoms with Crippen LogP contribution in [0.4, 0.5) is 0 Å². The minimum absolute atomic E-state index is 0.00884. The van der Waals surface area contributed by atoms with Gasteiger partial charge in [0, 0.05) is 25.2 Å². The van der Waals surface area contributed by atoms with Crippen LogP contribution in [0, 0.1) is 13.8 Å². The molecule has 1 unspecified atom stereocenters. The van der Waals surface area contributed by atoms with Crippen molar-refractivity contribution in [3.63, 3.8) is 0 Å². The molecule has 0 aromatic carbocycles. The van der Waals surface area contributed by atoms with E-state index >= 15 is 0 Å². The molecule has 0 aliphatic carbocycles. The lowest BCUT2D eigenvalue weighted by Gasteiger charge is -2.22. The van der Waals surface area contributed by atoms with Gasteiger partial charge < -0.3 is 9.64 Å². The molecule has 20 heavy (non-hydrogen) atoms. The lowest BCUT2D eigenvalue weighted by Crippen LogP contribution is -2.41. The van der Waals surface area contributed by atoms with E-state index < -0.39 is 6.04 Å². The summed E-state index contributed by atoms with van der Waals surface area (Å²) < 4.78 is 6.58. The second kappa shape index (κ2) is 6.07. The molecule has 1 saturated heterocycles. The maximum atomic E-state index is 12.2. The Morgan fingerprint density at radius 1 is 1.45 bits per heavy atom. The van der Waals surface area contributed by atoms with E-state index in [9.17, 15) is 9.59 Å². The number of likely N-dealkylation sites (tertiary alicyclic amines) is 1. The van der Waals surface area contributed by atoms with Crippen molar-refractivity contribution in [1.29, 1.82) is 0 Å². The van der Waals surface area contributed by atoms with Crippen LogP contribution in [0.5, 0.6) is 0 Å². The fourth-order valence-corrected chi connectivity index (χ4v) is 2.69. The molecule has 0 radical (unpaired) electrons. The Bertz CT molecular complexity index is 510. The van der Waals surface area contributed by atoms with Crippen molar-refractivity contribution in [3.05, 3.63) is 17.5 Å². The number of hydrogen-bond acceptors (Lipinski definition) is 4. The summed E-state index contributed by atoms with van der Waals surface area (Å²) in [5.41, 5.74) is 1.99. The number of methoxy groups -OCH3 is 1. The number of carbonyl (C=O) groups is 2. The molecule has 0 saturated carbocycles. The van der Waals surface area contributed by atoms with Crippen LogP contribution >= 0.6 is 0 Å². The standard InChI is InChI=1S/C14H21N3O3/c1-10-9-11(2)17(15-10)8-6-13(18)16-7-4-5-12(16)14(19)20-3/h9,12H,4-8H2,1-3H3. The molecule has 0 N–H and O–H groups in total. The fourth-order valence-electron chi connectivity index (χ4n) is 2.69. The van der Waals surface area contributed by atoms with Gasteiger partial charge in [-0.3, -0.25) is 9.48 Å². The molecule has 1 fully saturated rings. The van der Waals surface area contributed by atoms with Crippen molar-refractivity contribution in [1.82, 2.24) is 14.7 Å². The predicted molar refractivity (Wildman–Crippen MR) is 73.1 cm³/mol. The quantitative estimate of drug-likeness (QED) is 0.773. The normalized spacial score (nSPS) is 18.4. The van der Waals surface area contributed by atoms with Gasteiger partial charge >= 0.3 is 5.97 Å². The van der Waals surface area contributed by atoms with Crippen LogP contribution in [0.1, 0.15) is 30.7 Å². The minimum Gasteiger partial charge on any atom is -0.467 e. The first-order valence-corrected chi connectivity index (χ1v) is 6.91. The van der Waals surface area contributed by atoms with Crippen LogP contribution < -0.4 is 0 Å². The molecule has 6 heteroatoms. The third-order valence-electron chi connectivity index (χ3n) is 3.69. The number of nitrogens with zero attached hydrogens (tertiary/aromatic N) is 3. The largest absolute Gasteiger partial charge is 0.467 e. The number of aryl methyl sites for hydroxylation is 3. The third-order valence-corrected chi connectivity index (χ3v) is 3.69. The van der Waals surface area contributed by atoms with Crippen molar-refractivity contribution in [2.24, 2.45) is 0 Å². The molecule has 2 heterocycles.